The van der Waals surface area contributed by atoms with Crippen molar-refractivity contribution in [2.24, 2.45) is 0 Å². The monoisotopic (exact) mass is 233 g/mol. The van der Waals surface area contributed by atoms with E-state index >= 15 is 0 Å². The lowest BCUT2D eigenvalue weighted by molar-refractivity contribution is 0.0478. The van der Waals surface area contributed by atoms with Crippen molar-refractivity contribution in [2.75, 3.05) is 0 Å². The Kier molecular flexibility index (Phi) is 3.31. The van der Waals surface area contributed by atoms with E-state index in [0.717, 1.165) is 11.3 Å². The Balaban J connectivity index is 1.94. The number of carbonyl (C=O) groups is 1. The molecule has 0 fully saturated rings. The molecule has 0 saturated carbocycles. The van der Waals surface area contributed by atoms with Crippen LogP contribution in [0.3, 0.4) is 0 Å². The van der Waals surface area contributed by atoms with Crippen LogP contribution in [0.4, 0.5) is 0 Å². The van der Waals surface area contributed by atoms with Crippen molar-refractivity contribution in [3.05, 3.63) is 52.5 Å². The van der Waals surface area contributed by atoms with Crippen LogP contribution in [0.25, 0.3) is 0 Å². The zero-order chi connectivity index (χ0) is 11.4. The molecule has 82 valence electrons. The second-order valence-corrected chi connectivity index (χ2v) is 4.20. The maximum Gasteiger partial charge on any atom is 0.350 e. The molecule has 3 nitrogen and oxygen atoms in total. The predicted octanol–water partition coefficient (Wildman–Crippen LogP) is 2.81. The van der Waals surface area contributed by atoms with Gasteiger partial charge in [0, 0.05) is 0 Å². The van der Waals surface area contributed by atoms with E-state index in [1.807, 2.05) is 37.3 Å². The van der Waals surface area contributed by atoms with Crippen molar-refractivity contribution in [3.8, 4) is 0 Å². The minimum absolute atomic E-state index is 0.302. The fourth-order valence-corrected chi connectivity index (χ4v) is 1.91. The van der Waals surface area contributed by atoms with Crippen LogP contribution in [-0.4, -0.2) is 10.3 Å². The van der Waals surface area contributed by atoms with Gasteiger partial charge in [-0.05, 0) is 30.1 Å². The molecule has 2 rings (SSSR count). The molecular formula is C12H11NO2S. The first kappa shape index (κ1) is 10.8. The first-order chi connectivity index (χ1) is 7.75. The van der Waals surface area contributed by atoms with Crippen molar-refractivity contribution < 1.29 is 9.53 Å². The minimum atomic E-state index is -0.311. The van der Waals surface area contributed by atoms with Gasteiger partial charge in [0.15, 0.2) is 0 Å². The van der Waals surface area contributed by atoms with Crippen LogP contribution in [-0.2, 0) is 11.3 Å². The van der Waals surface area contributed by atoms with Gasteiger partial charge in [-0.15, -0.1) is 0 Å². The van der Waals surface area contributed by atoms with Gasteiger partial charge in [-0.25, -0.2) is 4.79 Å². The van der Waals surface area contributed by atoms with Crippen molar-refractivity contribution >= 4 is 17.5 Å². The molecule has 0 bridgehead atoms. The maximum absolute atomic E-state index is 11.6. The Bertz CT molecular complexity index is 479. The molecule has 0 saturated heterocycles. The zero-order valence-corrected chi connectivity index (χ0v) is 9.66. The Morgan fingerprint density at radius 1 is 1.38 bits per heavy atom. The van der Waals surface area contributed by atoms with Crippen LogP contribution < -0.4 is 0 Å². The first-order valence-electron chi connectivity index (χ1n) is 4.90. The summed E-state index contributed by atoms with van der Waals surface area (Å²) in [5.74, 6) is -0.311. The van der Waals surface area contributed by atoms with Gasteiger partial charge < -0.3 is 4.74 Å². The molecule has 1 aromatic carbocycles. The smallest absolute Gasteiger partial charge is 0.350 e. The summed E-state index contributed by atoms with van der Waals surface area (Å²) in [5, 5.41) is 0. The molecule has 16 heavy (non-hydrogen) atoms. The number of hydrogen-bond donors (Lipinski definition) is 0. The molecule has 4 heteroatoms. The molecule has 1 heterocycles. The standard InChI is InChI=1S/C12H11NO2S/c1-9-7-11(16-13-9)12(14)15-8-10-5-3-2-4-6-10/h2-7H,8H2,1H3. The second-order valence-electron chi connectivity index (χ2n) is 3.39. The summed E-state index contributed by atoms with van der Waals surface area (Å²) in [6.07, 6.45) is 0. The lowest BCUT2D eigenvalue weighted by Crippen LogP contribution is -2.02. The molecular weight excluding hydrogens is 222 g/mol. The minimum Gasteiger partial charge on any atom is -0.457 e. The largest absolute Gasteiger partial charge is 0.457 e. The summed E-state index contributed by atoms with van der Waals surface area (Å²) >= 11 is 1.17. The van der Waals surface area contributed by atoms with Crippen LogP contribution >= 0.6 is 11.5 Å². The van der Waals surface area contributed by atoms with Gasteiger partial charge >= 0.3 is 5.97 Å². The van der Waals surface area contributed by atoms with E-state index in [9.17, 15) is 4.79 Å². The maximum atomic E-state index is 11.6. The highest BCUT2D eigenvalue weighted by atomic mass is 32.1. The van der Waals surface area contributed by atoms with Gasteiger partial charge in [-0.2, -0.15) is 4.37 Å². The number of nitrogens with zero attached hydrogens (tertiary/aromatic N) is 1. The van der Waals surface area contributed by atoms with Crippen LogP contribution in [0.15, 0.2) is 36.4 Å². The molecule has 0 aliphatic carbocycles. The summed E-state index contributed by atoms with van der Waals surface area (Å²) in [6.45, 7) is 2.15. The molecule has 0 N–H and O–H groups in total. The van der Waals surface area contributed by atoms with Crippen LogP contribution in [0.2, 0.25) is 0 Å². The summed E-state index contributed by atoms with van der Waals surface area (Å²) < 4.78 is 9.19. The number of rotatable bonds is 3. The molecule has 0 radical (unpaired) electrons. The highest BCUT2D eigenvalue weighted by molar-refractivity contribution is 7.08. The Morgan fingerprint density at radius 2 is 2.12 bits per heavy atom. The van der Waals surface area contributed by atoms with Gasteiger partial charge in [0.2, 0.25) is 0 Å². The van der Waals surface area contributed by atoms with Crippen LogP contribution in [0, 0.1) is 6.92 Å². The SMILES string of the molecule is Cc1cc(C(=O)OCc2ccccc2)sn1. The van der Waals surface area contributed by atoms with E-state index in [0.29, 0.717) is 11.5 Å². The molecule has 0 aliphatic heterocycles. The topological polar surface area (TPSA) is 39.2 Å². The van der Waals surface area contributed by atoms with Gasteiger partial charge in [0.25, 0.3) is 0 Å². The van der Waals surface area contributed by atoms with E-state index in [4.69, 9.17) is 4.74 Å². The van der Waals surface area contributed by atoms with Gasteiger partial charge in [-0.3, -0.25) is 0 Å². The summed E-state index contributed by atoms with van der Waals surface area (Å²) in [4.78, 5) is 12.1. The number of ether oxygens (including phenoxy) is 1. The average molecular weight is 233 g/mol. The Hall–Kier alpha value is -1.68. The van der Waals surface area contributed by atoms with E-state index in [1.165, 1.54) is 11.5 Å². The molecule has 2 aromatic rings. The van der Waals surface area contributed by atoms with Crippen molar-refractivity contribution in [1.29, 1.82) is 0 Å². The lowest BCUT2D eigenvalue weighted by Gasteiger charge is -2.02. The van der Waals surface area contributed by atoms with Gasteiger partial charge in [0.05, 0.1) is 5.69 Å². The lowest BCUT2D eigenvalue weighted by atomic mass is 10.2. The molecule has 0 spiro atoms. The zero-order valence-electron chi connectivity index (χ0n) is 8.84. The van der Waals surface area contributed by atoms with E-state index in [2.05, 4.69) is 4.37 Å². The number of carbonyl (C=O) groups excluding carboxylic acids is 1. The summed E-state index contributed by atoms with van der Waals surface area (Å²) in [7, 11) is 0. The van der Waals surface area contributed by atoms with Crippen LogP contribution in [0.5, 0.6) is 0 Å². The molecule has 0 unspecified atom stereocenters. The van der Waals surface area contributed by atoms with Crippen molar-refractivity contribution in [2.45, 2.75) is 13.5 Å². The molecule has 0 atom stereocenters. The number of aryl methyl sites for hydroxylation is 1. The predicted molar refractivity (Wildman–Crippen MR) is 62.4 cm³/mol. The van der Waals surface area contributed by atoms with Crippen molar-refractivity contribution in [1.82, 2.24) is 4.37 Å². The number of benzene rings is 1. The fourth-order valence-electron chi connectivity index (χ4n) is 1.25. The summed E-state index contributed by atoms with van der Waals surface area (Å²) in [6, 6.07) is 11.3. The van der Waals surface area contributed by atoms with Gasteiger partial charge in [0.1, 0.15) is 11.5 Å². The normalized spacial score (nSPS) is 10.1. The number of esters is 1. The molecule has 0 aliphatic rings. The molecule has 1 aromatic heterocycles. The van der Waals surface area contributed by atoms with E-state index < -0.39 is 0 Å². The quantitative estimate of drug-likeness (QED) is 0.765. The summed E-state index contributed by atoms with van der Waals surface area (Å²) in [5.41, 5.74) is 1.83. The fraction of sp³-hybridized carbons (Fsp3) is 0.167. The Morgan fingerprint density at radius 3 is 2.75 bits per heavy atom. The number of aromatic nitrogens is 1. The van der Waals surface area contributed by atoms with E-state index in [1.54, 1.807) is 6.07 Å². The van der Waals surface area contributed by atoms with E-state index in [-0.39, 0.29) is 5.97 Å². The van der Waals surface area contributed by atoms with Gasteiger partial charge in [-0.1, -0.05) is 30.3 Å². The number of hydrogen-bond acceptors (Lipinski definition) is 4. The third-order valence-corrected chi connectivity index (χ3v) is 2.90. The first-order valence-corrected chi connectivity index (χ1v) is 5.67. The Labute approximate surface area is 97.9 Å². The highest BCUT2D eigenvalue weighted by Crippen LogP contribution is 2.11. The molecule has 0 amide bonds. The second kappa shape index (κ2) is 4.90. The highest BCUT2D eigenvalue weighted by Gasteiger charge is 2.10. The average Bonchev–Trinajstić information content (AvgIpc) is 2.74. The third kappa shape index (κ3) is 2.67. The van der Waals surface area contributed by atoms with Crippen LogP contribution in [0.1, 0.15) is 20.9 Å². The third-order valence-electron chi connectivity index (χ3n) is 2.04. The van der Waals surface area contributed by atoms with Crippen molar-refractivity contribution in [3.63, 3.8) is 0 Å².